The topological polar surface area (TPSA) is 71.7 Å². The molecule has 1 heterocycles. The number of rotatable bonds is 7. The molecular formula is C18H21NO4. The van der Waals surface area contributed by atoms with E-state index in [2.05, 4.69) is 5.32 Å². The van der Waals surface area contributed by atoms with Crippen LogP contribution in [-0.4, -0.2) is 24.2 Å². The predicted octanol–water partition coefficient (Wildman–Crippen LogP) is 2.38. The molecule has 1 aromatic carbocycles. The molecule has 0 bridgehead atoms. The Morgan fingerprint density at radius 3 is 2.87 bits per heavy atom. The summed E-state index contributed by atoms with van der Waals surface area (Å²) in [5.74, 6) is 1.02. The van der Waals surface area contributed by atoms with Gasteiger partial charge < -0.3 is 19.6 Å². The maximum absolute atomic E-state index is 12.0. The molecule has 1 unspecified atom stereocenters. The molecule has 5 nitrogen and oxygen atoms in total. The minimum atomic E-state index is -1.14. The molecule has 1 aliphatic rings. The van der Waals surface area contributed by atoms with E-state index in [-0.39, 0.29) is 25.0 Å². The molecule has 2 aromatic rings. The number of hydrogen-bond donors (Lipinski definition) is 2. The second-order valence-electron chi connectivity index (χ2n) is 6.06. The van der Waals surface area contributed by atoms with Crippen LogP contribution < -0.4 is 10.1 Å². The minimum Gasteiger partial charge on any atom is -0.484 e. The summed E-state index contributed by atoms with van der Waals surface area (Å²) >= 11 is 0. The van der Waals surface area contributed by atoms with E-state index in [0.29, 0.717) is 11.5 Å². The standard InChI is InChI=1S/C18H21NO4/c1-13-4-2-5-15(10-13)23-11-17(20)19-12-18(21,14-7-8-14)16-6-3-9-22-16/h2-6,9-10,14,21H,7-8,11-12H2,1H3,(H,19,20). The smallest absolute Gasteiger partial charge is 0.258 e. The van der Waals surface area contributed by atoms with Crippen molar-refractivity contribution in [3.05, 3.63) is 54.0 Å². The van der Waals surface area contributed by atoms with Crippen LogP contribution in [0.4, 0.5) is 0 Å². The second-order valence-corrected chi connectivity index (χ2v) is 6.06. The quantitative estimate of drug-likeness (QED) is 0.823. The Morgan fingerprint density at radius 2 is 2.22 bits per heavy atom. The van der Waals surface area contributed by atoms with Gasteiger partial charge in [-0.2, -0.15) is 0 Å². The summed E-state index contributed by atoms with van der Waals surface area (Å²) in [4.78, 5) is 12.0. The first kappa shape index (κ1) is 15.6. The highest BCUT2D eigenvalue weighted by molar-refractivity contribution is 5.77. The number of furan rings is 1. The number of aryl methyl sites for hydroxylation is 1. The van der Waals surface area contributed by atoms with E-state index in [9.17, 15) is 9.90 Å². The van der Waals surface area contributed by atoms with Crippen molar-refractivity contribution >= 4 is 5.91 Å². The fourth-order valence-electron chi connectivity index (χ4n) is 2.66. The summed E-state index contributed by atoms with van der Waals surface area (Å²) in [6.07, 6.45) is 3.41. The van der Waals surface area contributed by atoms with Crippen molar-refractivity contribution in [2.45, 2.75) is 25.4 Å². The zero-order chi connectivity index (χ0) is 16.3. The largest absolute Gasteiger partial charge is 0.484 e. The third-order valence-electron chi connectivity index (χ3n) is 4.12. The third kappa shape index (κ3) is 3.74. The first-order valence-electron chi connectivity index (χ1n) is 7.80. The summed E-state index contributed by atoms with van der Waals surface area (Å²) in [6.45, 7) is 2.01. The second kappa shape index (κ2) is 6.46. The van der Waals surface area contributed by atoms with E-state index in [1.54, 1.807) is 12.1 Å². The average molecular weight is 315 g/mol. The van der Waals surface area contributed by atoms with Crippen molar-refractivity contribution < 1.29 is 19.1 Å². The molecule has 0 saturated heterocycles. The van der Waals surface area contributed by atoms with Gasteiger partial charge in [0.2, 0.25) is 0 Å². The van der Waals surface area contributed by atoms with Gasteiger partial charge in [-0.1, -0.05) is 12.1 Å². The zero-order valence-electron chi connectivity index (χ0n) is 13.1. The molecule has 1 fully saturated rings. The Hall–Kier alpha value is -2.27. The molecule has 23 heavy (non-hydrogen) atoms. The molecule has 1 aliphatic carbocycles. The molecule has 122 valence electrons. The summed E-state index contributed by atoms with van der Waals surface area (Å²) in [5.41, 5.74) is -0.0634. The molecular weight excluding hydrogens is 294 g/mol. The van der Waals surface area contributed by atoms with Gasteiger partial charge in [-0.25, -0.2) is 0 Å². The van der Waals surface area contributed by atoms with Crippen LogP contribution in [-0.2, 0) is 10.4 Å². The Bertz CT molecular complexity index is 663. The summed E-state index contributed by atoms with van der Waals surface area (Å²) < 4.78 is 10.8. The van der Waals surface area contributed by atoms with Crippen LogP contribution in [0.2, 0.25) is 0 Å². The van der Waals surface area contributed by atoms with Crippen LogP contribution in [0.15, 0.2) is 47.1 Å². The number of benzene rings is 1. The number of amides is 1. The lowest BCUT2D eigenvalue weighted by atomic mass is 9.94. The van der Waals surface area contributed by atoms with Crippen LogP contribution >= 0.6 is 0 Å². The molecule has 1 atom stereocenters. The number of hydrogen-bond acceptors (Lipinski definition) is 4. The van der Waals surface area contributed by atoms with Crippen molar-refractivity contribution in [1.29, 1.82) is 0 Å². The van der Waals surface area contributed by atoms with Crippen LogP contribution in [0.25, 0.3) is 0 Å². The highest BCUT2D eigenvalue weighted by atomic mass is 16.5. The van der Waals surface area contributed by atoms with Gasteiger partial charge in [0, 0.05) is 0 Å². The van der Waals surface area contributed by atoms with E-state index in [4.69, 9.17) is 9.15 Å². The van der Waals surface area contributed by atoms with Gasteiger partial charge in [-0.05, 0) is 55.5 Å². The van der Waals surface area contributed by atoms with Gasteiger partial charge in [-0.3, -0.25) is 4.79 Å². The Morgan fingerprint density at radius 1 is 1.39 bits per heavy atom. The van der Waals surface area contributed by atoms with E-state index < -0.39 is 5.60 Å². The summed E-state index contributed by atoms with van der Waals surface area (Å²) in [6, 6.07) is 11.0. The third-order valence-corrected chi connectivity index (χ3v) is 4.12. The Labute approximate surface area is 135 Å². The van der Waals surface area contributed by atoms with Gasteiger partial charge in [-0.15, -0.1) is 0 Å². The summed E-state index contributed by atoms with van der Waals surface area (Å²) in [7, 11) is 0. The fourth-order valence-corrected chi connectivity index (χ4v) is 2.66. The lowest BCUT2D eigenvalue weighted by Crippen LogP contribution is -2.43. The molecule has 0 aliphatic heterocycles. The highest BCUT2D eigenvalue weighted by Gasteiger charge is 2.47. The normalized spacial score (nSPS) is 16.6. The monoisotopic (exact) mass is 315 g/mol. The molecule has 1 saturated carbocycles. The van der Waals surface area contributed by atoms with Gasteiger partial charge in [0.25, 0.3) is 5.91 Å². The Kier molecular flexibility index (Phi) is 4.39. The molecule has 1 amide bonds. The average Bonchev–Trinajstić information content (AvgIpc) is 3.26. The summed E-state index contributed by atoms with van der Waals surface area (Å²) in [5, 5.41) is 13.6. The number of aliphatic hydroxyl groups is 1. The molecule has 3 rings (SSSR count). The highest BCUT2D eigenvalue weighted by Crippen LogP contribution is 2.45. The Balaban J connectivity index is 1.53. The van der Waals surface area contributed by atoms with E-state index in [1.165, 1.54) is 6.26 Å². The van der Waals surface area contributed by atoms with E-state index in [0.717, 1.165) is 18.4 Å². The van der Waals surface area contributed by atoms with E-state index >= 15 is 0 Å². The lowest BCUT2D eigenvalue weighted by Gasteiger charge is -2.26. The molecule has 0 radical (unpaired) electrons. The maximum Gasteiger partial charge on any atom is 0.258 e. The fraction of sp³-hybridized carbons (Fsp3) is 0.389. The van der Waals surface area contributed by atoms with Crippen LogP contribution in [0.5, 0.6) is 5.75 Å². The van der Waals surface area contributed by atoms with Gasteiger partial charge in [0.05, 0.1) is 12.8 Å². The van der Waals surface area contributed by atoms with Crippen molar-refractivity contribution in [3.63, 3.8) is 0 Å². The molecule has 2 N–H and O–H groups in total. The number of ether oxygens (including phenoxy) is 1. The predicted molar refractivity (Wildman–Crippen MR) is 85.0 cm³/mol. The number of carbonyl (C=O) groups excluding carboxylic acids is 1. The van der Waals surface area contributed by atoms with Gasteiger partial charge in [0.1, 0.15) is 17.1 Å². The van der Waals surface area contributed by atoms with Crippen LogP contribution in [0.3, 0.4) is 0 Å². The molecule has 0 spiro atoms. The van der Waals surface area contributed by atoms with Crippen molar-refractivity contribution in [2.75, 3.05) is 13.2 Å². The first-order valence-corrected chi connectivity index (χ1v) is 7.80. The maximum atomic E-state index is 12.0. The van der Waals surface area contributed by atoms with Gasteiger partial charge >= 0.3 is 0 Å². The van der Waals surface area contributed by atoms with Crippen LogP contribution in [0.1, 0.15) is 24.2 Å². The van der Waals surface area contributed by atoms with Gasteiger partial charge in [0.15, 0.2) is 6.61 Å². The van der Waals surface area contributed by atoms with E-state index in [1.807, 2.05) is 31.2 Å². The molecule has 1 aromatic heterocycles. The SMILES string of the molecule is Cc1cccc(OCC(=O)NCC(O)(c2ccco2)C2CC2)c1. The zero-order valence-corrected chi connectivity index (χ0v) is 13.1. The first-order chi connectivity index (χ1) is 11.1. The van der Waals surface area contributed by atoms with Crippen LogP contribution in [0, 0.1) is 12.8 Å². The molecule has 5 heteroatoms. The lowest BCUT2D eigenvalue weighted by molar-refractivity contribution is -0.125. The minimum absolute atomic E-state index is 0.0810. The number of nitrogens with one attached hydrogen (secondary N) is 1. The van der Waals surface area contributed by atoms with Crippen molar-refractivity contribution in [3.8, 4) is 5.75 Å². The van der Waals surface area contributed by atoms with Crippen molar-refractivity contribution in [2.24, 2.45) is 5.92 Å². The van der Waals surface area contributed by atoms with Crippen molar-refractivity contribution in [1.82, 2.24) is 5.32 Å². The number of carbonyl (C=O) groups is 1.